The lowest BCUT2D eigenvalue weighted by atomic mass is 10.2. The highest BCUT2D eigenvalue weighted by Crippen LogP contribution is 2.38. The molecule has 24 heavy (non-hydrogen) atoms. The number of hydrogen-bond acceptors (Lipinski definition) is 6. The number of fused-ring (bicyclic) bond motifs is 1. The molecule has 7 heteroatoms. The molecule has 0 fully saturated rings. The van der Waals surface area contributed by atoms with Crippen molar-refractivity contribution in [2.45, 2.75) is 13.8 Å². The maximum Gasteiger partial charge on any atom is 0.163 e. The number of rotatable bonds is 2. The van der Waals surface area contributed by atoms with Crippen LogP contribution in [0.5, 0.6) is 11.5 Å². The fraction of sp³-hybridized carbons (Fsp3) is 0.294. The second-order valence-electron chi connectivity index (χ2n) is 5.75. The number of nitrogens with zero attached hydrogens (tertiary/aromatic N) is 2. The van der Waals surface area contributed by atoms with Crippen molar-refractivity contribution in [3.8, 4) is 11.5 Å². The fourth-order valence-electron chi connectivity index (χ4n) is 2.80. The van der Waals surface area contributed by atoms with Gasteiger partial charge >= 0.3 is 0 Å². The number of amidine groups is 1. The van der Waals surface area contributed by atoms with Gasteiger partial charge in [-0.2, -0.15) is 0 Å². The molecule has 0 saturated heterocycles. The second-order valence-corrected chi connectivity index (χ2v) is 6.95. The molecule has 0 radical (unpaired) electrons. The van der Waals surface area contributed by atoms with E-state index in [-0.39, 0.29) is 18.1 Å². The quantitative estimate of drug-likeness (QED) is 0.875. The van der Waals surface area contributed by atoms with Gasteiger partial charge in [-0.1, -0.05) is 0 Å². The standard InChI is InChI=1S/C17H17N3O3S/c1-9-10(2)24-17(19-9)15-12(21)8-20(16(15)18)11-3-4-13-14(7-11)23-6-5-22-13/h3-4,7,18,21H,5-6,8H2,1-2H3. The van der Waals surface area contributed by atoms with Crippen LogP contribution in [0.1, 0.15) is 15.6 Å². The van der Waals surface area contributed by atoms with Crippen molar-refractivity contribution in [2.24, 2.45) is 0 Å². The lowest BCUT2D eigenvalue weighted by Gasteiger charge is -2.23. The lowest BCUT2D eigenvalue weighted by molar-refractivity contribution is 0.171. The van der Waals surface area contributed by atoms with E-state index in [1.165, 1.54) is 11.3 Å². The van der Waals surface area contributed by atoms with Crippen molar-refractivity contribution in [1.29, 1.82) is 5.41 Å². The van der Waals surface area contributed by atoms with Crippen LogP contribution in [-0.2, 0) is 0 Å². The zero-order valence-electron chi connectivity index (χ0n) is 13.4. The van der Waals surface area contributed by atoms with Crippen molar-refractivity contribution in [3.05, 3.63) is 39.5 Å². The Morgan fingerprint density at radius 2 is 1.96 bits per heavy atom. The Labute approximate surface area is 143 Å². The minimum absolute atomic E-state index is 0.170. The van der Waals surface area contributed by atoms with Crippen LogP contribution >= 0.6 is 11.3 Å². The van der Waals surface area contributed by atoms with Gasteiger partial charge in [0.1, 0.15) is 29.8 Å². The van der Waals surface area contributed by atoms with E-state index in [9.17, 15) is 5.11 Å². The van der Waals surface area contributed by atoms with Gasteiger partial charge in [-0.15, -0.1) is 11.3 Å². The maximum atomic E-state index is 10.4. The molecule has 0 aliphatic carbocycles. The first kappa shape index (κ1) is 15.0. The third-order valence-electron chi connectivity index (χ3n) is 4.18. The molecule has 1 aromatic carbocycles. The number of thiazole rings is 1. The summed E-state index contributed by atoms with van der Waals surface area (Å²) in [5.74, 6) is 1.79. The van der Waals surface area contributed by atoms with Crippen molar-refractivity contribution >= 4 is 28.4 Å². The topological polar surface area (TPSA) is 78.7 Å². The normalized spacial score (nSPS) is 16.9. The highest BCUT2D eigenvalue weighted by atomic mass is 32.1. The van der Waals surface area contributed by atoms with E-state index in [4.69, 9.17) is 14.9 Å². The van der Waals surface area contributed by atoms with Gasteiger partial charge < -0.3 is 19.5 Å². The van der Waals surface area contributed by atoms with Gasteiger partial charge in [0, 0.05) is 16.6 Å². The molecular weight excluding hydrogens is 326 g/mol. The minimum Gasteiger partial charge on any atom is -0.510 e. The molecule has 2 N–H and O–H groups in total. The summed E-state index contributed by atoms with van der Waals surface area (Å²) in [6, 6.07) is 5.55. The van der Waals surface area contributed by atoms with E-state index in [1.54, 1.807) is 4.90 Å². The number of benzene rings is 1. The summed E-state index contributed by atoms with van der Waals surface area (Å²) in [5.41, 5.74) is 2.22. The molecule has 0 atom stereocenters. The first-order chi connectivity index (χ1) is 11.5. The molecule has 2 aliphatic heterocycles. The molecule has 0 bridgehead atoms. The van der Waals surface area contributed by atoms with E-state index in [0.29, 0.717) is 35.3 Å². The number of anilines is 1. The van der Waals surface area contributed by atoms with Crippen LogP contribution in [0.25, 0.3) is 5.57 Å². The monoisotopic (exact) mass is 343 g/mol. The van der Waals surface area contributed by atoms with Gasteiger partial charge in [0.05, 0.1) is 17.8 Å². The Kier molecular flexibility index (Phi) is 3.45. The number of nitrogens with one attached hydrogen (secondary N) is 1. The largest absolute Gasteiger partial charge is 0.510 e. The number of aryl methyl sites for hydroxylation is 2. The van der Waals surface area contributed by atoms with Crippen molar-refractivity contribution in [1.82, 2.24) is 4.98 Å². The molecule has 124 valence electrons. The first-order valence-electron chi connectivity index (χ1n) is 7.67. The van der Waals surface area contributed by atoms with Crippen LogP contribution in [0.3, 0.4) is 0 Å². The summed E-state index contributed by atoms with van der Waals surface area (Å²) in [7, 11) is 0. The minimum atomic E-state index is 0.170. The Bertz CT molecular complexity index is 852. The van der Waals surface area contributed by atoms with Crippen LogP contribution in [0.15, 0.2) is 24.0 Å². The zero-order valence-corrected chi connectivity index (χ0v) is 14.2. The molecule has 0 amide bonds. The molecule has 0 saturated carbocycles. The number of aromatic nitrogens is 1. The molecule has 2 aromatic rings. The molecule has 2 aliphatic rings. The van der Waals surface area contributed by atoms with Crippen LogP contribution in [0.4, 0.5) is 5.69 Å². The molecule has 0 spiro atoms. The Morgan fingerprint density at radius 1 is 1.21 bits per heavy atom. The van der Waals surface area contributed by atoms with E-state index >= 15 is 0 Å². The summed E-state index contributed by atoms with van der Waals surface area (Å²) in [6.07, 6.45) is 0. The number of aliphatic hydroxyl groups is 1. The van der Waals surface area contributed by atoms with Crippen LogP contribution in [0, 0.1) is 19.3 Å². The predicted octanol–water partition coefficient (Wildman–Crippen LogP) is 3.30. The first-order valence-corrected chi connectivity index (χ1v) is 8.49. The van der Waals surface area contributed by atoms with Crippen molar-refractivity contribution in [2.75, 3.05) is 24.7 Å². The smallest absolute Gasteiger partial charge is 0.163 e. The predicted molar refractivity (Wildman–Crippen MR) is 93.6 cm³/mol. The Hall–Kier alpha value is -2.54. The average molecular weight is 343 g/mol. The molecule has 3 heterocycles. The highest BCUT2D eigenvalue weighted by molar-refractivity contribution is 7.13. The Balaban J connectivity index is 1.67. The summed E-state index contributed by atoms with van der Waals surface area (Å²) in [6.45, 7) is 5.24. The lowest BCUT2D eigenvalue weighted by Crippen LogP contribution is -2.26. The molecular formula is C17H17N3O3S. The van der Waals surface area contributed by atoms with Gasteiger partial charge in [-0.3, -0.25) is 5.41 Å². The third kappa shape index (κ3) is 2.32. The average Bonchev–Trinajstić information content (AvgIpc) is 3.05. The highest BCUT2D eigenvalue weighted by Gasteiger charge is 2.32. The van der Waals surface area contributed by atoms with E-state index in [0.717, 1.165) is 16.3 Å². The van der Waals surface area contributed by atoms with E-state index in [2.05, 4.69) is 4.98 Å². The fourth-order valence-corrected chi connectivity index (χ4v) is 3.79. The second kappa shape index (κ2) is 5.52. The van der Waals surface area contributed by atoms with E-state index < -0.39 is 0 Å². The molecule has 4 rings (SSSR count). The molecule has 6 nitrogen and oxygen atoms in total. The maximum absolute atomic E-state index is 10.4. The third-order valence-corrected chi connectivity index (χ3v) is 5.27. The van der Waals surface area contributed by atoms with Crippen LogP contribution in [0.2, 0.25) is 0 Å². The summed E-state index contributed by atoms with van der Waals surface area (Å²) < 4.78 is 11.1. The number of aliphatic hydroxyl groups excluding tert-OH is 1. The SMILES string of the molecule is Cc1nc(C2=C(O)CN(c3ccc4c(c3)OCCO4)C2=N)sc1C. The van der Waals surface area contributed by atoms with Gasteiger partial charge in [-0.05, 0) is 26.0 Å². The van der Waals surface area contributed by atoms with E-state index in [1.807, 2.05) is 32.0 Å². The number of hydrogen-bond donors (Lipinski definition) is 2. The Morgan fingerprint density at radius 3 is 2.67 bits per heavy atom. The van der Waals surface area contributed by atoms with Gasteiger partial charge in [0.2, 0.25) is 0 Å². The summed E-state index contributed by atoms with van der Waals surface area (Å²) >= 11 is 1.50. The van der Waals surface area contributed by atoms with Gasteiger partial charge in [-0.25, -0.2) is 4.98 Å². The summed E-state index contributed by atoms with van der Waals surface area (Å²) in [4.78, 5) is 7.32. The van der Waals surface area contributed by atoms with Crippen LogP contribution in [-0.4, -0.2) is 35.7 Å². The van der Waals surface area contributed by atoms with Gasteiger partial charge in [0.25, 0.3) is 0 Å². The molecule has 1 aromatic heterocycles. The van der Waals surface area contributed by atoms with Gasteiger partial charge in [0.15, 0.2) is 11.5 Å². The summed E-state index contributed by atoms with van der Waals surface area (Å²) in [5, 5.41) is 19.6. The molecule has 0 unspecified atom stereocenters. The number of ether oxygens (including phenoxy) is 2. The van der Waals surface area contributed by atoms with Crippen molar-refractivity contribution < 1.29 is 14.6 Å². The van der Waals surface area contributed by atoms with Crippen molar-refractivity contribution in [3.63, 3.8) is 0 Å². The zero-order chi connectivity index (χ0) is 16.8. The van der Waals surface area contributed by atoms with Crippen LogP contribution < -0.4 is 14.4 Å².